The van der Waals surface area contributed by atoms with E-state index >= 15 is 0 Å². The predicted molar refractivity (Wildman–Crippen MR) is 68.9 cm³/mol. The van der Waals surface area contributed by atoms with Crippen LogP contribution >= 0.6 is 0 Å². The lowest BCUT2D eigenvalue weighted by atomic mass is 9.99. The first-order valence-corrected chi connectivity index (χ1v) is 5.37. The van der Waals surface area contributed by atoms with E-state index in [1.165, 1.54) is 24.3 Å². The minimum atomic E-state index is -0.990. The molecule has 0 fully saturated rings. The third kappa shape index (κ3) is 2.30. The quantitative estimate of drug-likeness (QED) is 0.888. The van der Waals surface area contributed by atoms with Gasteiger partial charge in [0.2, 0.25) is 0 Å². The van der Waals surface area contributed by atoms with Gasteiger partial charge in [-0.05, 0) is 41.0 Å². The monoisotopic (exact) mass is 242 g/mol. The van der Waals surface area contributed by atoms with Crippen LogP contribution in [0.15, 0.2) is 49.0 Å². The van der Waals surface area contributed by atoms with Crippen molar-refractivity contribution in [1.82, 2.24) is 0 Å². The van der Waals surface area contributed by atoms with Gasteiger partial charge in [0.1, 0.15) is 5.82 Å². The molecule has 0 spiro atoms. The number of aromatic carboxylic acids is 1. The van der Waals surface area contributed by atoms with E-state index in [1.54, 1.807) is 24.3 Å². The van der Waals surface area contributed by atoms with Crippen LogP contribution in [0.3, 0.4) is 0 Å². The molecule has 90 valence electrons. The first kappa shape index (κ1) is 12.0. The van der Waals surface area contributed by atoms with Crippen LogP contribution in [-0.2, 0) is 0 Å². The van der Waals surface area contributed by atoms with Gasteiger partial charge in [-0.25, -0.2) is 9.18 Å². The summed E-state index contributed by atoms with van der Waals surface area (Å²) in [5, 5.41) is 9.00. The highest BCUT2D eigenvalue weighted by atomic mass is 19.1. The summed E-state index contributed by atoms with van der Waals surface area (Å²) in [4.78, 5) is 11.0. The third-order valence-corrected chi connectivity index (χ3v) is 2.68. The van der Waals surface area contributed by atoms with Gasteiger partial charge >= 0.3 is 5.97 Å². The molecular formula is C15H11FO2. The van der Waals surface area contributed by atoms with E-state index in [0.717, 1.165) is 11.1 Å². The lowest BCUT2D eigenvalue weighted by molar-refractivity contribution is 0.0696. The van der Waals surface area contributed by atoms with Crippen LogP contribution in [0, 0.1) is 5.82 Å². The third-order valence-electron chi connectivity index (χ3n) is 2.68. The van der Waals surface area contributed by atoms with Crippen molar-refractivity contribution in [3.63, 3.8) is 0 Å². The summed E-state index contributed by atoms with van der Waals surface area (Å²) in [5.41, 5.74) is 2.41. The molecule has 0 bridgehead atoms. The molecule has 0 unspecified atom stereocenters. The Morgan fingerprint density at radius 3 is 2.28 bits per heavy atom. The Labute approximate surface area is 104 Å². The maximum atomic E-state index is 12.8. The predicted octanol–water partition coefficient (Wildman–Crippen LogP) is 3.83. The standard InChI is InChI=1S/C15H11FO2/c1-2-10-9-12(5-8-14(10)15(17)18)11-3-6-13(16)7-4-11/h2-9H,1H2,(H,17,18). The van der Waals surface area contributed by atoms with Gasteiger partial charge in [-0.2, -0.15) is 0 Å². The van der Waals surface area contributed by atoms with Crippen LogP contribution in [0.2, 0.25) is 0 Å². The molecule has 0 atom stereocenters. The molecule has 0 aromatic heterocycles. The van der Waals surface area contributed by atoms with Gasteiger partial charge in [0, 0.05) is 0 Å². The highest BCUT2D eigenvalue weighted by Gasteiger charge is 2.09. The Morgan fingerprint density at radius 2 is 1.72 bits per heavy atom. The number of carboxylic acid groups (broad SMARTS) is 1. The van der Waals surface area contributed by atoms with Crippen LogP contribution in [0.4, 0.5) is 4.39 Å². The minimum absolute atomic E-state index is 0.205. The molecule has 2 rings (SSSR count). The van der Waals surface area contributed by atoms with E-state index in [0.29, 0.717) is 5.56 Å². The molecule has 0 aliphatic heterocycles. The Bertz CT molecular complexity index is 600. The summed E-state index contributed by atoms with van der Waals surface area (Å²) in [7, 11) is 0. The fraction of sp³-hybridized carbons (Fsp3) is 0. The van der Waals surface area contributed by atoms with Crippen LogP contribution in [-0.4, -0.2) is 11.1 Å². The van der Waals surface area contributed by atoms with Crippen molar-refractivity contribution < 1.29 is 14.3 Å². The number of hydrogen-bond acceptors (Lipinski definition) is 1. The van der Waals surface area contributed by atoms with Crippen LogP contribution in [0.1, 0.15) is 15.9 Å². The molecule has 3 heteroatoms. The Morgan fingerprint density at radius 1 is 1.11 bits per heavy atom. The highest BCUT2D eigenvalue weighted by Crippen LogP contribution is 2.23. The molecule has 0 amide bonds. The zero-order valence-electron chi connectivity index (χ0n) is 9.56. The topological polar surface area (TPSA) is 37.3 Å². The average molecular weight is 242 g/mol. The van der Waals surface area contributed by atoms with E-state index < -0.39 is 5.97 Å². The smallest absolute Gasteiger partial charge is 0.336 e. The molecule has 0 saturated carbocycles. The van der Waals surface area contributed by atoms with Crippen LogP contribution in [0.5, 0.6) is 0 Å². The van der Waals surface area contributed by atoms with Gasteiger partial charge in [0.15, 0.2) is 0 Å². The maximum absolute atomic E-state index is 12.8. The normalized spacial score (nSPS) is 10.1. The van der Waals surface area contributed by atoms with Crippen LogP contribution in [0.25, 0.3) is 17.2 Å². The average Bonchev–Trinajstić information content (AvgIpc) is 2.38. The summed E-state index contributed by atoms with van der Waals surface area (Å²) in [6.45, 7) is 3.60. The molecule has 0 saturated heterocycles. The molecule has 0 aliphatic carbocycles. The fourth-order valence-corrected chi connectivity index (χ4v) is 1.75. The van der Waals surface area contributed by atoms with Gasteiger partial charge in [0.25, 0.3) is 0 Å². The second-order valence-electron chi connectivity index (χ2n) is 3.82. The van der Waals surface area contributed by atoms with E-state index in [9.17, 15) is 9.18 Å². The van der Waals surface area contributed by atoms with Gasteiger partial charge < -0.3 is 5.11 Å². The summed E-state index contributed by atoms with van der Waals surface area (Å²) in [5.74, 6) is -1.29. The second-order valence-corrected chi connectivity index (χ2v) is 3.82. The van der Waals surface area contributed by atoms with Crippen molar-refractivity contribution in [2.45, 2.75) is 0 Å². The van der Waals surface area contributed by atoms with E-state index in [1.807, 2.05) is 0 Å². The molecule has 1 N–H and O–H groups in total. The first-order chi connectivity index (χ1) is 8.61. The number of carbonyl (C=O) groups is 1. The van der Waals surface area contributed by atoms with Crippen molar-refractivity contribution in [3.05, 3.63) is 66.0 Å². The van der Waals surface area contributed by atoms with Gasteiger partial charge in [-0.3, -0.25) is 0 Å². The molecule has 18 heavy (non-hydrogen) atoms. The summed E-state index contributed by atoms with van der Waals surface area (Å²) in [6.07, 6.45) is 1.50. The zero-order valence-corrected chi connectivity index (χ0v) is 9.56. The van der Waals surface area contributed by atoms with Crippen molar-refractivity contribution >= 4 is 12.0 Å². The van der Waals surface area contributed by atoms with Crippen molar-refractivity contribution in [2.75, 3.05) is 0 Å². The molecule has 2 aromatic rings. The maximum Gasteiger partial charge on any atom is 0.336 e. The molecule has 2 aromatic carbocycles. The number of rotatable bonds is 3. The minimum Gasteiger partial charge on any atom is -0.478 e. The van der Waals surface area contributed by atoms with Gasteiger partial charge in [-0.15, -0.1) is 0 Å². The molecule has 0 heterocycles. The van der Waals surface area contributed by atoms with Gasteiger partial charge in [0.05, 0.1) is 5.56 Å². The fourth-order valence-electron chi connectivity index (χ4n) is 1.75. The van der Waals surface area contributed by atoms with Crippen molar-refractivity contribution in [3.8, 4) is 11.1 Å². The Kier molecular flexibility index (Phi) is 3.24. The zero-order chi connectivity index (χ0) is 13.1. The van der Waals surface area contributed by atoms with E-state index in [-0.39, 0.29) is 11.4 Å². The van der Waals surface area contributed by atoms with Crippen LogP contribution < -0.4 is 0 Å². The summed E-state index contributed by atoms with van der Waals surface area (Å²) >= 11 is 0. The lowest BCUT2D eigenvalue weighted by Gasteiger charge is -2.06. The second kappa shape index (κ2) is 4.84. The molecule has 0 radical (unpaired) electrons. The first-order valence-electron chi connectivity index (χ1n) is 5.37. The summed E-state index contributed by atoms with van der Waals surface area (Å²) in [6, 6.07) is 11.0. The van der Waals surface area contributed by atoms with Crippen molar-refractivity contribution in [2.24, 2.45) is 0 Å². The highest BCUT2D eigenvalue weighted by molar-refractivity contribution is 5.93. The molecular weight excluding hydrogens is 231 g/mol. The Hall–Kier alpha value is -2.42. The van der Waals surface area contributed by atoms with E-state index in [4.69, 9.17) is 5.11 Å². The SMILES string of the molecule is C=Cc1cc(-c2ccc(F)cc2)ccc1C(=O)O. The summed E-state index contributed by atoms with van der Waals surface area (Å²) < 4.78 is 12.8. The van der Waals surface area contributed by atoms with Gasteiger partial charge in [-0.1, -0.05) is 30.9 Å². The number of carboxylic acids is 1. The number of benzene rings is 2. The van der Waals surface area contributed by atoms with E-state index in [2.05, 4.69) is 6.58 Å². The largest absolute Gasteiger partial charge is 0.478 e. The Balaban J connectivity index is 2.50. The lowest BCUT2D eigenvalue weighted by Crippen LogP contribution is -1.99. The number of hydrogen-bond donors (Lipinski definition) is 1. The molecule has 2 nitrogen and oxygen atoms in total. The molecule has 0 aliphatic rings. The number of halogens is 1. The van der Waals surface area contributed by atoms with Crippen molar-refractivity contribution in [1.29, 1.82) is 0 Å².